The highest BCUT2D eigenvalue weighted by molar-refractivity contribution is 5.72. The van der Waals surface area contributed by atoms with E-state index in [0.29, 0.717) is 17.7 Å². The summed E-state index contributed by atoms with van der Waals surface area (Å²) in [6.07, 6.45) is -0.167. The molecule has 0 aromatic heterocycles. The van der Waals surface area contributed by atoms with Crippen molar-refractivity contribution in [2.24, 2.45) is 0 Å². The molecule has 0 aliphatic carbocycles. The summed E-state index contributed by atoms with van der Waals surface area (Å²) in [5, 5.41) is 20.2. The second-order valence-corrected chi connectivity index (χ2v) is 4.62. The van der Waals surface area contributed by atoms with Crippen LogP contribution in [0.15, 0.2) is 24.3 Å². The summed E-state index contributed by atoms with van der Waals surface area (Å²) in [5.74, 6) is -0.431. The quantitative estimate of drug-likeness (QED) is 0.621. The summed E-state index contributed by atoms with van der Waals surface area (Å²) in [7, 11) is 0. The normalized spacial score (nSPS) is 22.3. The number of carbonyl (C=O) groups excluding carboxylic acids is 1. The van der Waals surface area contributed by atoms with Gasteiger partial charge in [-0.3, -0.25) is 4.79 Å². The molecule has 104 valence electrons. The largest absolute Gasteiger partial charge is 0.465 e. The summed E-state index contributed by atoms with van der Waals surface area (Å²) in [6, 6.07) is 7.06. The number of carbonyl (C=O) groups is 1. The first kappa shape index (κ1) is 14.0. The number of benzene rings is 1. The van der Waals surface area contributed by atoms with E-state index in [4.69, 9.17) is 4.74 Å². The lowest BCUT2D eigenvalue weighted by atomic mass is 10.1. The van der Waals surface area contributed by atoms with Gasteiger partial charge in [0.05, 0.1) is 6.61 Å². The number of unbranched alkanes of at least 4 members (excludes halogenated alkanes) is 1. The zero-order chi connectivity index (χ0) is 13.8. The summed E-state index contributed by atoms with van der Waals surface area (Å²) in [4.78, 5) is 12.9. The number of nitrogens with zero attached hydrogens (tertiary/aromatic N) is 1. The minimum Gasteiger partial charge on any atom is -0.465 e. The fourth-order valence-electron chi connectivity index (χ4n) is 2.17. The number of aliphatic hydroxyl groups excluding tert-OH is 2. The van der Waals surface area contributed by atoms with E-state index >= 15 is 0 Å². The summed E-state index contributed by atoms with van der Waals surface area (Å²) < 4.78 is 5.04. The van der Waals surface area contributed by atoms with E-state index in [0.717, 1.165) is 12.8 Å². The maximum Gasteiger partial charge on any atom is 0.320 e. The molecule has 5 heteroatoms. The number of ether oxygens (including phenoxy) is 1. The molecular weight excluding hydrogens is 246 g/mol. The Kier molecular flexibility index (Phi) is 4.52. The Bertz CT molecular complexity index is 420. The minimum atomic E-state index is -0.968. The zero-order valence-corrected chi connectivity index (χ0v) is 11.0. The first-order valence-electron chi connectivity index (χ1n) is 6.51. The Balaban J connectivity index is 1.98. The number of hydrogen-bond donors (Lipinski definition) is 2. The van der Waals surface area contributed by atoms with Crippen molar-refractivity contribution in [3.05, 3.63) is 35.4 Å². The average Bonchev–Trinajstić information content (AvgIpc) is 2.65. The highest BCUT2D eigenvalue weighted by Gasteiger charge is 2.37. The van der Waals surface area contributed by atoms with Crippen LogP contribution in [0, 0.1) is 0 Å². The molecule has 0 bridgehead atoms. The first-order valence-corrected chi connectivity index (χ1v) is 6.51. The van der Waals surface area contributed by atoms with Crippen LogP contribution in [0.1, 0.15) is 43.3 Å². The van der Waals surface area contributed by atoms with Crippen molar-refractivity contribution in [2.45, 2.75) is 32.2 Å². The predicted octanol–water partition coefficient (Wildman–Crippen LogP) is 1.33. The van der Waals surface area contributed by atoms with E-state index in [-0.39, 0.29) is 6.54 Å². The third-order valence-electron chi connectivity index (χ3n) is 3.25. The smallest absolute Gasteiger partial charge is 0.320 e. The Morgan fingerprint density at radius 3 is 2.37 bits per heavy atom. The number of fused-ring (bicyclic) bond motifs is 1. The molecule has 19 heavy (non-hydrogen) atoms. The molecule has 1 heterocycles. The van der Waals surface area contributed by atoms with Crippen LogP contribution in [0.3, 0.4) is 0 Å². The first-order chi connectivity index (χ1) is 9.15. The fourth-order valence-corrected chi connectivity index (χ4v) is 2.17. The van der Waals surface area contributed by atoms with E-state index in [1.807, 2.05) is 6.92 Å². The van der Waals surface area contributed by atoms with Crippen molar-refractivity contribution < 1.29 is 19.7 Å². The summed E-state index contributed by atoms with van der Waals surface area (Å²) in [5.41, 5.74) is 1.27. The van der Waals surface area contributed by atoms with Crippen LogP contribution in [0.4, 0.5) is 0 Å². The van der Waals surface area contributed by atoms with E-state index in [1.54, 1.807) is 24.3 Å². The van der Waals surface area contributed by atoms with Gasteiger partial charge in [0.25, 0.3) is 0 Å². The van der Waals surface area contributed by atoms with Crippen molar-refractivity contribution in [2.75, 3.05) is 13.2 Å². The van der Waals surface area contributed by atoms with Gasteiger partial charge in [-0.25, -0.2) is 4.90 Å². The van der Waals surface area contributed by atoms with E-state index in [1.165, 1.54) is 4.90 Å². The molecule has 0 amide bonds. The number of hydrogen-bond acceptors (Lipinski definition) is 5. The predicted molar refractivity (Wildman–Crippen MR) is 68.9 cm³/mol. The Labute approximate surface area is 112 Å². The number of esters is 1. The molecule has 2 N–H and O–H groups in total. The van der Waals surface area contributed by atoms with Crippen LogP contribution >= 0.6 is 0 Å². The van der Waals surface area contributed by atoms with Gasteiger partial charge in [-0.05, 0) is 6.42 Å². The Morgan fingerprint density at radius 2 is 1.84 bits per heavy atom. The van der Waals surface area contributed by atoms with Crippen LogP contribution < -0.4 is 0 Å². The molecule has 2 atom stereocenters. The van der Waals surface area contributed by atoms with E-state index in [9.17, 15) is 15.0 Å². The van der Waals surface area contributed by atoms with Crippen LogP contribution in [-0.4, -0.2) is 34.2 Å². The molecule has 1 aliphatic rings. The van der Waals surface area contributed by atoms with Gasteiger partial charge in [0.15, 0.2) is 0 Å². The van der Waals surface area contributed by atoms with Gasteiger partial charge >= 0.3 is 5.97 Å². The number of aliphatic hydroxyl groups is 2. The maximum absolute atomic E-state index is 11.6. The molecule has 2 unspecified atom stereocenters. The molecule has 5 nitrogen and oxygen atoms in total. The molecule has 0 saturated carbocycles. The maximum atomic E-state index is 11.6. The van der Waals surface area contributed by atoms with Gasteiger partial charge in [-0.15, -0.1) is 0 Å². The third kappa shape index (κ3) is 2.94. The van der Waals surface area contributed by atoms with Crippen molar-refractivity contribution in [1.82, 2.24) is 4.90 Å². The number of rotatable bonds is 5. The molecular formula is C14H19NO4. The summed E-state index contributed by atoms with van der Waals surface area (Å²) in [6.45, 7) is 2.27. The molecule has 2 rings (SSSR count). The average molecular weight is 265 g/mol. The molecule has 1 aromatic carbocycles. The summed E-state index contributed by atoms with van der Waals surface area (Å²) >= 11 is 0. The van der Waals surface area contributed by atoms with Crippen molar-refractivity contribution in [3.8, 4) is 0 Å². The lowest BCUT2D eigenvalue weighted by Crippen LogP contribution is -2.32. The fraction of sp³-hybridized carbons (Fsp3) is 0.500. The molecule has 0 spiro atoms. The van der Waals surface area contributed by atoms with Crippen molar-refractivity contribution in [3.63, 3.8) is 0 Å². The molecule has 0 radical (unpaired) electrons. The second-order valence-electron chi connectivity index (χ2n) is 4.62. The van der Waals surface area contributed by atoms with Crippen LogP contribution in [-0.2, 0) is 9.53 Å². The van der Waals surface area contributed by atoms with Gasteiger partial charge in [0.1, 0.15) is 19.0 Å². The van der Waals surface area contributed by atoms with Gasteiger partial charge in [-0.1, -0.05) is 37.6 Å². The SMILES string of the molecule is CCCCOC(=O)CN1C(O)c2ccccc2C1O. The molecule has 1 aliphatic heterocycles. The van der Waals surface area contributed by atoms with Gasteiger partial charge < -0.3 is 14.9 Å². The second kappa shape index (κ2) is 6.14. The molecule has 1 aromatic rings. The van der Waals surface area contributed by atoms with Gasteiger partial charge in [0.2, 0.25) is 0 Å². The van der Waals surface area contributed by atoms with Crippen molar-refractivity contribution in [1.29, 1.82) is 0 Å². The van der Waals surface area contributed by atoms with Crippen LogP contribution in [0.2, 0.25) is 0 Å². The standard InChI is InChI=1S/C14H19NO4/c1-2-3-8-19-12(16)9-15-13(17)10-6-4-5-7-11(10)14(15)18/h4-7,13-14,17-18H,2-3,8-9H2,1H3. The third-order valence-corrected chi connectivity index (χ3v) is 3.25. The molecule has 0 fully saturated rings. The minimum absolute atomic E-state index is 0.124. The Morgan fingerprint density at radius 1 is 1.26 bits per heavy atom. The van der Waals surface area contributed by atoms with Gasteiger partial charge in [0, 0.05) is 11.1 Å². The zero-order valence-electron chi connectivity index (χ0n) is 11.0. The van der Waals surface area contributed by atoms with Crippen LogP contribution in [0.25, 0.3) is 0 Å². The highest BCUT2D eigenvalue weighted by atomic mass is 16.5. The van der Waals surface area contributed by atoms with Gasteiger partial charge in [-0.2, -0.15) is 0 Å². The topological polar surface area (TPSA) is 70.0 Å². The van der Waals surface area contributed by atoms with E-state index in [2.05, 4.69) is 0 Å². The van der Waals surface area contributed by atoms with E-state index < -0.39 is 18.4 Å². The lowest BCUT2D eigenvalue weighted by Gasteiger charge is -2.22. The monoisotopic (exact) mass is 265 g/mol. The van der Waals surface area contributed by atoms with Crippen molar-refractivity contribution >= 4 is 5.97 Å². The molecule has 0 saturated heterocycles. The lowest BCUT2D eigenvalue weighted by molar-refractivity contribution is -0.155. The highest BCUT2D eigenvalue weighted by Crippen LogP contribution is 2.38. The Hall–Kier alpha value is -1.43. The van der Waals surface area contributed by atoms with Crippen LogP contribution in [0.5, 0.6) is 0 Å².